The first kappa shape index (κ1) is 24.4. The number of fused-ring (bicyclic) bond motifs is 2. The van der Waals surface area contributed by atoms with Gasteiger partial charge in [0.1, 0.15) is 17.5 Å². The fourth-order valence-corrected chi connectivity index (χ4v) is 6.41. The van der Waals surface area contributed by atoms with Crippen molar-refractivity contribution in [3.63, 3.8) is 0 Å². The molecule has 6 rings (SSSR count). The molecule has 2 heterocycles. The lowest BCUT2D eigenvalue weighted by Crippen LogP contribution is -2.35. The normalized spacial score (nSPS) is 17.7. The molecule has 0 atom stereocenters. The van der Waals surface area contributed by atoms with E-state index >= 15 is 0 Å². The number of nitrogens with one attached hydrogen (secondary N) is 3. The smallest absolute Gasteiger partial charge is 0.248 e. The number of halogens is 3. The van der Waals surface area contributed by atoms with Crippen LogP contribution < -0.4 is 10.3 Å². The molecule has 6 nitrogen and oxygen atoms in total. The third-order valence-electron chi connectivity index (χ3n) is 7.21. The number of sulfonamides is 1. The quantitative estimate of drug-likeness (QED) is 0.265. The van der Waals surface area contributed by atoms with Crippen molar-refractivity contribution in [3.8, 4) is 11.3 Å². The molecule has 0 bridgehead atoms. The Balaban J connectivity index is 1.22. The first-order valence-electron chi connectivity index (χ1n) is 12.1. The van der Waals surface area contributed by atoms with Gasteiger partial charge in [-0.3, -0.25) is 4.79 Å². The van der Waals surface area contributed by atoms with Crippen LogP contribution in [0.25, 0.3) is 33.1 Å². The molecule has 0 saturated heterocycles. The molecular weight excluding hydrogens is 515 g/mol. The first-order valence-corrected chi connectivity index (χ1v) is 13.6. The largest absolute Gasteiger partial charge is 0.352 e. The van der Waals surface area contributed by atoms with Crippen molar-refractivity contribution in [1.29, 1.82) is 0 Å². The van der Waals surface area contributed by atoms with Crippen LogP contribution in [-0.2, 0) is 10.0 Å². The van der Waals surface area contributed by atoms with Crippen molar-refractivity contribution in [2.24, 2.45) is 5.92 Å². The maximum absolute atomic E-state index is 14.6. The average molecular weight is 538 g/mol. The number of H-pyrrole nitrogens is 2. The topological polar surface area (TPSA) is 94.8 Å². The summed E-state index contributed by atoms with van der Waals surface area (Å²) in [5, 5.41) is 1.03. The molecule has 38 heavy (non-hydrogen) atoms. The van der Waals surface area contributed by atoms with Gasteiger partial charge in [0.15, 0.2) is 0 Å². The summed E-state index contributed by atoms with van der Waals surface area (Å²) in [6, 6.07) is 15.3. The van der Waals surface area contributed by atoms with Crippen molar-refractivity contribution in [2.45, 2.75) is 23.7 Å². The molecule has 5 aromatic rings. The second kappa shape index (κ2) is 9.14. The SMILES string of the molecule is O=c1ccc2cc(S(=O)(=O)NCC3CC(c4c(-c5ccc(F)cc5)[nH]c5c(F)cc(F)cc45)C3)ccc2[nH]1. The zero-order valence-corrected chi connectivity index (χ0v) is 20.7. The molecule has 1 aliphatic rings. The molecule has 1 fully saturated rings. The number of aromatic nitrogens is 2. The third kappa shape index (κ3) is 4.39. The van der Waals surface area contributed by atoms with Gasteiger partial charge in [0.05, 0.1) is 16.1 Å². The molecule has 0 aliphatic heterocycles. The Hall–Kier alpha value is -3.89. The summed E-state index contributed by atoms with van der Waals surface area (Å²) in [5.41, 5.74) is 2.45. The Morgan fingerprint density at radius 1 is 0.868 bits per heavy atom. The number of hydrogen-bond donors (Lipinski definition) is 3. The van der Waals surface area contributed by atoms with E-state index in [9.17, 15) is 26.4 Å². The lowest BCUT2D eigenvalue weighted by Gasteiger charge is -2.36. The van der Waals surface area contributed by atoms with E-state index in [0.29, 0.717) is 40.4 Å². The second-order valence-electron chi connectivity index (χ2n) is 9.69. The summed E-state index contributed by atoms with van der Waals surface area (Å²) in [6.45, 7) is 0.208. The predicted octanol–water partition coefficient (Wildman–Crippen LogP) is 5.57. The van der Waals surface area contributed by atoms with E-state index in [4.69, 9.17) is 0 Å². The van der Waals surface area contributed by atoms with Crippen LogP contribution in [0.1, 0.15) is 24.3 Å². The summed E-state index contributed by atoms with van der Waals surface area (Å²) < 4.78 is 70.7. The molecule has 3 aromatic carbocycles. The van der Waals surface area contributed by atoms with Crippen LogP contribution in [-0.4, -0.2) is 24.9 Å². The molecule has 0 radical (unpaired) electrons. The zero-order chi connectivity index (χ0) is 26.6. The molecule has 1 aliphatic carbocycles. The van der Waals surface area contributed by atoms with Crippen molar-refractivity contribution in [1.82, 2.24) is 14.7 Å². The summed E-state index contributed by atoms with van der Waals surface area (Å²) in [5.74, 6) is -1.84. The highest BCUT2D eigenvalue weighted by Gasteiger charge is 2.35. The molecule has 0 amide bonds. The molecule has 0 spiro atoms. The number of pyridine rings is 1. The van der Waals surface area contributed by atoms with E-state index in [1.807, 2.05) is 0 Å². The minimum Gasteiger partial charge on any atom is -0.352 e. The van der Waals surface area contributed by atoms with Gasteiger partial charge >= 0.3 is 0 Å². The number of benzene rings is 3. The van der Waals surface area contributed by atoms with Crippen molar-refractivity contribution < 1.29 is 21.6 Å². The van der Waals surface area contributed by atoms with Gasteiger partial charge in [0, 0.05) is 29.6 Å². The van der Waals surface area contributed by atoms with Crippen molar-refractivity contribution in [2.75, 3.05) is 6.54 Å². The monoisotopic (exact) mass is 537 g/mol. The highest BCUT2D eigenvalue weighted by atomic mass is 32.2. The van der Waals surface area contributed by atoms with E-state index < -0.39 is 27.5 Å². The Bertz CT molecular complexity index is 1860. The van der Waals surface area contributed by atoms with Crippen molar-refractivity contribution in [3.05, 3.63) is 100 Å². The summed E-state index contributed by atoms with van der Waals surface area (Å²) >= 11 is 0. The highest BCUT2D eigenvalue weighted by molar-refractivity contribution is 7.89. The summed E-state index contributed by atoms with van der Waals surface area (Å²) in [6.07, 6.45) is 1.22. The van der Waals surface area contributed by atoms with Gasteiger partial charge in [0.2, 0.25) is 15.6 Å². The van der Waals surface area contributed by atoms with E-state index in [0.717, 1.165) is 11.6 Å². The van der Waals surface area contributed by atoms with E-state index in [1.54, 1.807) is 24.3 Å². The Kier molecular flexibility index (Phi) is 5.88. The maximum atomic E-state index is 14.6. The Morgan fingerprint density at radius 3 is 2.39 bits per heavy atom. The molecular formula is C28H22F3N3O3S. The van der Waals surface area contributed by atoms with Gasteiger partial charge in [0.25, 0.3) is 0 Å². The molecule has 10 heteroatoms. The van der Waals surface area contributed by atoms with Crippen molar-refractivity contribution >= 4 is 31.8 Å². The number of hydrogen-bond acceptors (Lipinski definition) is 3. The van der Waals surface area contributed by atoms with Gasteiger partial charge in [-0.2, -0.15) is 0 Å². The van der Waals surface area contributed by atoms with Crippen LogP contribution in [0, 0.1) is 23.4 Å². The second-order valence-corrected chi connectivity index (χ2v) is 11.5. The molecule has 2 aromatic heterocycles. The van der Waals surface area contributed by atoms with Gasteiger partial charge in [-0.25, -0.2) is 26.3 Å². The third-order valence-corrected chi connectivity index (χ3v) is 8.63. The minimum absolute atomic E-state index is 0.0241. The van der Waals surface area contributed by atoms with Crippen LogP contribution in [0.5, 0.6) is 0 Å². The lowest BCUT2D eigenvalue weighted by molar-refractivity contribution is 0.267. The highest BCUT2D eigenvalue weighted by Crippen LogP contribution is 2.48. The fraction of sp³-hybridized carbons (Fsp3) is 0.179. The maximum Gasteiger partial charge on any atom is 0.248 e. The Labute approximate surface area is 215 Å². The zero-order valence-electron chi connectivity index (χ0n) is 19.9. The molecule has 194 valence electrons. The van der Waals surface area contributed by atoms with Gasteiger partial charge in [-0.05, 0) is 95.8 Å². The van der Waals surface area contributed by atoms with Gasteiger partial charge in [-0.15, -0.1) is 0 Å². The molecule has 0 unspecified atom stereocenters. The van der Waals surface area contributed by atoms with Crippen LogP contribution in [0.4, 0.5) is 13.2 Å². The lowest BCUT2D eigenvalue weighted by atomic mass is 9.70. The number of aromatic amines is 2. The minimum atomic E-state index is -3.79. The standard InChI is InChI=1S/C28H22F3N3O3S/c29-19-4-1-16(2-5-19)27-26(22-12-20(30)13-23(31)28(22)34-27)18-9-15(10-18)14-32-38(36,37)21-6-7-24-17(11-21)3-8-25(35)33-24/h1-8,11-13,15,18,32,34H,9-10,14H2,(H,33,35). The van der Waals surface area contributed by atoms with Gasteiger partial charge in [-0.1, -0.05) is 0 Å². The summed E-state index contributed by atoms with van der Waals surface area (Å²) in [4.78, 5) is 17.3. The van der Waals surface area contributed by atoms with E-state index in [1.165, 1.54) is 36.4 Å². The molecule has 3 N–H and O–H groups in total. The predicted molar refractivity (Wildman–Crippen MR) is 139 cm³/mol. The first-order chi connectivity index (χ1) is 18.2. The van der Waals surface area contributed by atoms with Gasteiger partial charge < -0.3 is 9.97 Å². The van der Waals surface area contributed by atoms with E-state index in [-0.39, 0.29) is 34.4 Å². The van der Waals surface area contributed by atoms with E-state index in [2.05, 4.69) is 14.7 Å². The summed E-state index contributed by atoms with van der Waals surface area (Å²) in [7, 11) is -3.79. The Morgan fingerprint density at radius 2 is 1.63 bits per heavy atom. The van der Waals surface area contributed by atoms with Crippen LogP contribution in [0.2, 0.25) is 0 Å². The van der Waals surface area contributed by atoms with Crippen LogP contribution >= 0.6 is 0 Å². The average Bonchev–Trinajstić information content (AvgIpc) is 3.22. The number of rotatable bonds is 6. The fourth-order valence-electron chi connectivity index (χ4n) is 5.26. The van der Waals surface area contributed by atoms with Crippen LogP contribution in [0.3, 0.4) is 0 Å². The molecule has 1 saturated carbocycles. The van der Waals surface area contributed by atoms with Crippen LogP contribution in [0.15, 0.2) is 76.4 Å².